The molecule has 0 saturated carbocycles. The minimum absolute atomic E-state index is 0.0749. The molecule has 1 rings (SSSR count). The molecule has 1 atom stereocenters. The van der Waals surface area contributed by atoms with Gasteiger partial charge in [0.25, 0.3) is 0 Å². The monoisotopic (exact) mass is 237 g/mol. The van der Waals surface area contributed by atoms with Gasteiger partial charge in [0.15, 0.2) is 6.29 Å². The van der Waals surface area contributed by atoms with Gasteiger partial charge >= 0.3 is 5.97 Å². The van der Waals surface area contributed by atoms with Crippen molar-refractivity contribution < 1.29 is 19.4 Å². The average molecular weight is 237 g/mol. The molecular weight excluding hydrogens is 222 g/mol. The number of aliphatic hydroxyl groups is 1. The lowest BCUT2D eigenvalue weighted by atomic mass is 10.3. The van der Waals surface area contributed by atoms with E-state index >= 15 is 0 Å². The summed E-state index contributed by atoms with van der Waals surface area (Å²) < 4.78 is 9.88. The van der Waals surface area contributed by atoms with E-state index in [4.69, 9.17) is 9.47 Å². The van der Waals surface area contributed by atoms with Gasteiger partial charge in [0, 0.05) is 12.4 Å². The van der Waals surface area contributed by atoms with E-state index in [0.29, 0.717) is 11.1 Å². The second-order valence-corrected chi connectivity index (χ2v) is 3.44. The minimum atomic E-state index is -1.02. The Morgan fingerprint density at radius 2 is 2.12 bits per heavy atom. The molecule has 0 fully saturated rings. The summed E-state index contributed by atoms with van der Waals surface area (Å²) in [6, 6.07) is 3.12. The topological polar surface area (TPSA) is 68.7 Å². The number of carbonyl (C=O) groups is 1. The van der Waals surface area contributed by atoms with Crippen LogP contribution >= 0.6 is 0 Å². The zero-order valence-electron chi connectivity index (χ0n) is 9.63. The molecule has 0 bridgehead atoms. The van der Waals surface area contributed by atoms with Crippen LogP contribution in [0.1, 0.15) is 17.3 Å². The van der Waals surface area contributed by atoms with Gasteiger partial charge in [-0.25, -0.2) is 4.79 Å². The highest BCUT2D eigenvalue weighted by Crippen LogP contribution is 2.01. The van der Waals surface area contributed by atoms with Gasteiger partial charge in [-0.05, 0) is 24.6 Å². The highest BCUT2D eigenvalue weighted by atomic mass is 16.6. The van der Waals surface area contributed by atoms with Crippen molar-refractivity contribution in [3.63, 3.8) is 0 Å². The second-order valence-electron chi connectivity index (χ2n) is 3.44. The zero-order chi connectivity index (χ0) is 12.7. The maximum atomic E-state index is 11.4. The minimum Gasteiger partial charge on any atom is -0.460 e. The number of hydrogen-bond donors (Lipinski definition) is 1. The van der Waals surface area contributed by atoms with Crippen molar-refractivity contribution in [1.29, 1.82) is 0 Å². The largest absolute Gasteiger partial charge is 0.460 e. The summed E-state index contributed by atoms with van der Waals surface area (Å²) in [4.78, 5) is 15.2. The van der Waals surface area contributed by atoms with Gasteiger partial charge in [-0.2, -0.15) is 0 Å². The van der Waals surface area contributed by atoms with Crippen molar-refractivity contribution >= 4 is 5.97 Å². The summed E-state index contributed by atoms with van der Waals surface area (Å²) in [5, 5.41) is 9.24. The molecule has 0 aliphatic carbocycles. The first-order chi connectivity index (χ1) is 8.11. The van der Waals surface area contributed by atoms with E-state index in [1.54, 1.807) is 19.1 Å². The number of aromatic nitrogens is 1. The summed E-state index contributed by atoms with van der Waals surface area (Å²) >= 11 is 0. The van der Waals surface area contributed by atoms with Crippen molar-refractivity contribution in [2.75, 3.05) is 13.2 Å². The number of hydrogen-bond acceptors (Lipinski definition) is 5. The molecule has 0 spiro atoms. The molecule has 0 aromatic carbocycles. The van der Waals surface area contributed by atoms with Gasteiger partial charge < -0.3 is 14.6 Å². The molecule has 5 heteroatoms. The molecule has 92 valence electrons. The third kappa shape index (κ3) is 4.76. The molecule has 0 aliphatic rings. The number of esters is 1. The summed E-state index contributed by atoms with van der Waals surface area (Å²) in [6.45, 7) is 5.36. The molecule has 1 unspecified atom stereocenters. The first-order valence-corrected chi connectivity index (χ1v) is 5.13. The fourth-order valence-corrected chi connectivity index (χ4v) is 1.01. The van der Waals surface area contributed by atoms with Crippen molar-refractivity contribution in [1.82, 2.24) is 4.98 Å². The van der Waals surface area contributed by atoms with Crippen molar-refractivity contribution in [3.05, 3.63) is 42.2 Å². The molecule has 17 heavy (non-hydrogen) atoms. The van der Waals surface area contributed by atoms with Crippen molar-refractivity contribution in [2.45, 2.75) is 13.2 Å². The predicted octanol–water partition coefficient (Wildman–Crippen LogP) is 1.15. The van der Waals surface area contributed by atoms with E-state index in [0.717, 1.165) is 0 Å². The Bertz CT molecular complexity index is 377. The van der Waals surface area contributed by atoms with Gasteiger partial charge in [0.05, 0.1) is 12.2 Å². The van der Waals surface area contributed by atoms with Gasteiger partial charge in [-0.15, -0.1) is 0 Å². The van der Waals surface area contributed by atoms with Crippen molar-refractivity contribution in [3.8, 4) is 0 Å². The molecule has 0 radical (unpaired) electrons. The Morgan fingerprint density at radius 1 is 1.47 bits per heavy atom. The van der Waals surface area contributed by atoms with E-state index in [-0.39, 0.29) is 13.2 Å². The quantitative estimate of drug-likeness (QED) is 0.348. The molecule has 1 aromatic rings. The van der Waals surface area contributed by atoms with Gasteiger partial charge in [0.2, 0.25) is 0 Å². The maximum absolute atomic E-state index is 11.4. The van der Waals surface area contributed by atoms with Gasteiger partial charge in [-0.1, -0.05) is 6.58 Å². The molecule has 0 amide bonds. The fraction of sp³-hybridized carbons (Fsp3) is 0.333. The lowest BCUT2D eigenvalue weighted by Crippen LogP contribution is -2.18. The van der Waals surface area contributed by atoms with Crippen LogP contribution in [-0.4, -0.2) is 35.6 Å². The van der Waals surface area contributed by atoms with E-state index in [1.165, 1.54) is 12.4 Å². The molecule has 5 nitrogen and oxygen atoms in total. The first-order valence-electron chi connectivity index (χ1n) is 5.13. The lowest BCUT2D eigenvalue weighted by molar-refractivity contribution is -0.0828. The lowest BCUT2D eigenvalue weighted by Gasteiger charge is -2.11. The molecule has 1 N–H and O–H groups in total. The Morgan fingerprint density at radius 3 is 2.71 bits per heavy atom. The normalized spacial score (nSPS) is 11.9. The molecule has 0 aliphatic heterocycles. The van der Waals surface area contributed by atoms with E-state index < -0.39 is 12.3 Å². The van der Waals surface area contributed by atoms with E-state index in [9.17, 15) is 9.90 Å². The Kier molecular flexibility index (Phi) is 5.32. The summed E-state index contributed by atoms with van der Waals surface area (Å²) in [5.74, 6) is -0.444. The Hall–Kier alpha value is -1.72. The number of ether oxygens (including phenoxy) is 2. The summed E-state index contributed by atoms with van der Waals surface area (Å²) in [5.41, 5.74) is 0.936. The standard InChI is InChI=1S/C12H15NO4/c1-9(2)11(14)16-7-8-17-12(15)10-3-5-13-6-4-10/h3-6,11,14H,1,7-8H2,2H3. The third-order valence-electron chi connectivity index (χ3n) is 1.93. The van der Waals surface area contributed by atoms with Crippen molar-refractivity contribution in [2.24, 2.45) is 0 Å². The molecule has 1 aromatic heterocycles. The number of rotatable bonds is 6. The van der Waals surface area contributed by atoms with Crippen LogP contribution in [0.5, 0.6) is 0 Å². The summed E-state index contributed by atoms with van der Waals surface area (Å²) in [7, 11) is 0. The van der Waals surface area contributed by atoms with Crippen LogP contribution in [-0.2, 0) is 9.47 Å². The molecule has 1 heterocycles. The van der Waals surface area contributed by atoms with Crippen LogP contribution in [0.3, 0.4) is 0 Å². The second kappa shape index (κ2) is 6.78. The van der Waals surface area contributed by atoms with Crippen LogP contribution in [0.4, 0.5) is 0 Å². The summed E-state index contributed by atoms with van der Waals surface area (Å²) in [6.07, 6.45) is 2.00. The number of nitrogens with zero attached hydrogens (tertiary/aromatic N) is 1. The number of aliphatic hydroxyl groups excluding tert-OH is 1. The van der Waals surface area contributed by atoms with E-state index in [1.807, 2.05) is 0 Å². The van der Waals surface area contributed by atoms with Crippen LogP contribution in [0.25, 0.3) is 0 Å². The maximum Gasteiger partial charge on any atom is 0.338 e. The highest BCUT2D eigenvalue weighted by molar-refractivity contribution is 5.89. The molecular formula is C12H15NO4. The Balaban J connectivity index is 2.24. The Labute approximate surface area is 99.7 Å². The fourth-order valence-electron chi connectivity index (χ4n) is 1.01. The highest BCUT2D eigenvalue weighted by Gasteiger charge is 2.07. The van der Waals surface area contributed by atoms with E-state index in [2.05, 4.69) is 11.6 Å². The van der Waals surface area contributed by atoms with Crippen LogP contribution in [0, 0.1) is 0 Å². The van der Waals surface area contributed by atoms with Gasteiger partial charge in [0.1, 0.15) is 6.61 Å². The van der Waals surface area contributed by atoms with Crippen LogP contribution in [0.2, 0.25) is 0 Å². The molecule has 0 saturated heterocycles. The first kappa shape index (κ1) is 13.3. The van der Waals surface area contributed by atoms with Crippen LogP contribution in [0.15, 0.2) is 36.7 Å². The zero-order valence-corrected chi connectivity index (χ0v) is 9.63. The smallest absolute Gasteiger partial charge is 0.338 e. The van der Waals surface area contributed by atoms with Crippen LogP contribution < -0.4 is 0 Å². The predicted molar refractivity (Wildman–Crippen MR) is 61.3 cm³/mol. The SMILES string of the molecule is C=C(C)C(O)OCCOC(=O)c1ccncc1. The number of carbonyl (C=O) groups excluding carboxylic acids is 1. The third-order valence-corrected chi connectivity index (χ3v) is 1.93. The number of pyridine rings is 1. The van der Waals surface area contributed by atoms with Gasteiger partial charge in [-0.3, -0.25) is 4.98 Å². The average Bonchev–Trinajstić information content (AvgIpc) is 2.35.